The van der Waals surface area contributed by atoms with Crippen LogP contribution in [0.5, 0.6) is 0 Å². The Morgan fingerprint density at radius 1 is 1.00 bits per heavy atom. The summed E-state index contributed by atoms with van der Waals surface area (Å²) in [6.07, 6.45) is 3.56. The predicted octanol–water partition coefficient (Wildman–Crippen LogP) is 4.84. The van der Waals surface area contributed by atoms with Crippen molar-refractivity contribution in [3.05, 3.63) is 89.0 Å². The Balaban J connectivity index is 1.80. The molecule has 0 aliphatic carbocycles. The fraction of sp³-hybridized carbons (Fsp3) is 0.150. The van der Waals surface area contributed by atoms with Gasteiger partial charge in [0.05, 0.1) is 35.2 Å². The highest BCUT2D eigenvalue weighted by molar-refractivity contribution is 7.80. The molecular formula is C20H19ClN4S. The summed E-state index contributed by atoms with van der Waals surface area (Å²) in [6, 6.07) is 17.5. The summed E-state index contributed by atoms with van der Waals surface area (Å²) in [5, 5.41) is 4.47. The van der Waals surface area contributed by atoms with Gasteiger partial charge in [0, 0.05) is 12.4 Å². The molecule has 2 aromatic heterocycles. The summed E-state index contributed by atoms with van der Waals surface area (Å²) in [5.74, 6) is 0. The SMILES string of the molecule is Cc1ccc(NC(=S)N(Cc2ccccn2)Cc2ccccn2)c(Cl)c1. The first-order valence-electron chi connectivity index (χ1n) is 8.24. The van der Waals surface area contributed by atoms with Crippen LogP contribution in [0.1, 0.15) is 17.0 Å². The number of aromatic nitrogens is 2. The third kappa shape index (κ3) is 5.00. The molecule has 0 saturated carbocycles. The largest absolute Gasteiger partial charge is 0.337 e. The molecule has 6 heteroatoms. The van der Waals surface area contributed by atoms with Crippen LogP contribution in [0, 0.1) is 6.92 Å². The van der Waals surface area contributed by atoms with Crippen molar-refractivity contribution in [3.63, 3.8) is 0 Å². The Bertz CT molecular complexity index is 830. The molecule has 0 fully saturated rings. The Morgan fingerprint density at radius 3 is 2.12 bits per heavy atom. The molecule has 3 rings (SSSR count). The number of hydrogen-bond donors (Lipinski definition) is 1. The molecule has 0 radical (unpaired) electrons. The van der Waals surface area contributed by atoms with Gasteiger partial charge in [-0.05, 0) is 61.1 Å². The van der Waals surface area contributed by atoms with Crippen molar-refractivity contribution >= 4 is 34.6 Å². The fourth-order valence-electron chi connectivity index (χ4n) is 2.49. The van der Waals surface area contributed by atoms with Crippen molar-refractivity contribution in [1.82, 2.24) is 14.9 Å². The highest BCUT2D eigenvalue weighted by Gasteiger charge is 2.14. The fourth-order valence-corrected chi connectivity index (χ4v) is 3.01. The number of hydrogen-bond acceptors (Lipinski definition) is 3. The van der Waals surface area contributed by atoms with Crippen molar-refractivity contribution in [2.45, 2.75) is 20.0 Å². The topological polar surface area (TPSA) is 41.0 Å². The summed E-state index contributed by atoms with van der Waals surface area (Å²) in [4.78, 5) is 10.8. The van der Waals surface area contributed by atoms with Gasteiger partial charge in [-0.3, -0.25) is 9.97 Å². The zero-order valence-corrected chi connectivity index (χ0v) is 16.0. The Kier molecular flexibility index (Phi) is 6.15. The number of rotatable bonds is 5. The third-order valence-corrected chi connectivity index (χ3v) is 4.48. The van der Waals surface area contributed by atoms with Gasteiger partial charge in [-0.2, -0.15) is 0 Å². The van der Waals surface area contributed by atoms with Crippen molar-refractivity contribution in [2.75, 3.05) is 5.32 Å². The Morgan fingerprint density at radius 2 is 1.62 bits per heavy atom. The quantitative estimate of drug-likeness (QED) is 0.639. The number of benzene rings is 1. The van der Waals surface area contributed by atoms with Crippen LogP contribution in [0.3, 0.4) is 0 Å². The molecule has 0 spiro atoms. The van der Waals surface area contributed by atoms with Crippen LogP contribution in [0.2, 0.25) is 5.02 Å². The number of anilines is 1. The Labute approximate surface area is 163 Å². The van der Waals surface area contributed by atoms with E-state index in [-0.39, 0.29) is 0 Å². The average molecular weight is 383 g/mol. The molecule has 0 aliphatic heterocycles. The average Bonchev–Trinajstić information content (AvgIpc) is 2.65. The standard InChI is InChI=1S/C20H19ClN4S/c1-15-8-9-19(18(21)12-15)24-20(26)25(13-16-6-2-4-10-22-16)14-17-7-3-5-11-23-17/h2-12H,13-14H2,1H3,(H,24,26). The molecule has 0 bridgehead atoms. The summed E-state index contributed by atoms with van der Waals surface area (Å²) in [5.41, 5.74) is 3.75. The van der Waals surface area contributed by atoms with Gasteiger partial charge in [0.25, 0.3) is 0 Å². The molecule has 0 amide bonds. The highest BCUT2D eigenvalue weighted by Crippen LogP contribution is 2.23. The van der Waals surface area contributed by atoms with Gasteiger partial charge in [-0.15, -0.1) is 0 Å². The number of aryl methyl sites for hydroxylation is 1. The molecule has 1 aromatic carbocycles. The van der Waals surface area contributed by atoms with Crippen molar-refractivity contribution < 1.29 is 0 Å². The molecule has 132 valence electrons. The van der Waals surface area contributed by atoms with Gasteiger partial charge in [-0.25, -0.2) is 0 Å². The van der Waals surface area contributed by atoms with Crippen LogP contribution in [0.4, 0.5) is 5.69 Å². The predicted molar refractivity (Wildman–Crippen MR) is 110 cm³/mol. The van der Waals surface area contributed by atoms with Gasteiger partial charge in [0.1, 0.15) is 0 Å². The first-order chi connectivity index (χ1) is 12.6. The maximum atomic E-state index is 6.33. The normalized spacial score (nSPS) is 10.4. The zero-order valence-electron chi connectivity index (χ0n) is 14.4. The zero-order chi connectivity index (χ0) is 18.4. The van der Waals surface area contributed by atoms with Gasteiger partial charge < -0.3 is 10.2 Å². The van der Waals surface area contributed by atoms with Gasteiger partial charge in [0.15, 0.2) is 5.11 Å². The van der Waals surface area contributed by atoms with Crippen LogP contribution in [-0.2, 0) is 13.1 Å². The molecule has 2 heterocycles. The minimum Gasteiger partial charge on any atom is -0.337 e. The van der Waals surface area contributed by atoms with Crippen LogP contribution in [0.15, 0.2) is 67.0 Å². The van der Waals surface area contributed by atoms with Gasteiger partial charge in [-0.1, -0.05) is 29.8 Å². The van der Waals surface area contributed by atoms with E-state index >= 15 is 0 Å². The summed E-state index contributed by atoms with van der Waals surface area (Å²) < 4.78 is 0. The number of halogens is 1. The highest BCUT2D eigenvalue weighted by atomic mass is 35.5. The van der Waals surface area contributed by atoms with Gasteiger partial charge >= 0.3 is 0 Å². The summed E-state index contributed by atoms with van der Waals surface area (Å²) in [7, 11) is 0. The lowest BCUT2D eigenvalue weighted by atomic mass is 10.2. The van der Waals surface area contributed by atoms with E-state index in [1.807, 2.05) is 66.4 Å². The molecule has 1 N–H and O–H groups in total. The van der Waals surface area contributed by atoms with E-state index in [0.717, 1.165) is 22.6 Å². The van der Waals surface area contributed by atoms with E-state index < -0.39 is 0 Å². The molecule has 0 atom stereocenters. The molecule has 0 aliphatic rings. The van der Waals surface area contributed by atoms with Crippen molar-refractivity contribution in [2.24, 2.45) is 0 Å². The molecule has 0 saturated heterocycles. The van der Waals surface area contributed by atoms with Crippen LogP contribution in [0.25, 0.3) is 0 Å². The van der Waals surface area contributed by atoms with Gasteiger partial charge in [0.2, 0.25) is 0 Å². The lowest BCUT2D eigenvalue weighted by Gasteiger charge is -2.25. The van der Waals surface area contributed by atoms with E-state index in [4.69, 9.17) is 23.8 Å². The molecular weight excluding hydrogens is 364 g/mol. The Hall–Kier alpha value is -2.50. The third-order valence-electron chi connectivity index (χ3n) is 3.81. The molecule has 4 nitrogen and oxygen atoms in total. The molecule has 3 aromatic rings. The number of thiocarbonyl (C=S) groups is 1. The van der Waals surface area contributed by atoms with Crippen LogP contribution >= 0.6 is 23.8 Å². The maximum absolute atomic E-state index is 6.33. The second kappa shape index (κ2) is 8.74. The summed E-state index contributed by atoms with van der Waals surface area (Å²) in [6.45, 7) is 3.15. The van der Waals surface area contributed by atoms with E-state index in [1.165, 1.54) is 0 Å². The summed E-state index contributed by atoms with van der Waals surface area (Å²) >= 11 is 12.0. The number of pyridine rings is 2. The monoisotopic (exact) mass is 382 g/mol. The number of nitrogens with one attached hydrogen (secondary N) is 1. The van der Waals surface area contributed by atoms with E-state index in [2.05, 4.69) is 15.3 Å². The second-order valence-corrected chi connectivity index (χ2v) is 6.71. The minimum absolute atomic E-state index is 0.576. The molecule has 26 heavy (non-hydrogen) atoms. The van der Waals surface area contributed by atoms with Crippen molar-refractivity contribution in [3.8, 4) is 0 Å². The van der Waals surface area contributed by atoms with Crippen LogP contribution < -0.4 is 5.32 Å². The first kappa shape index (κ1) is 18.3. The smallest absolute Gasteiger partial charge is 0.174 e. The first-order valence-corrected chi connectivity index (χ1v) is 9.02. The number of nitrogens with zero attached hydrogens (tertiary/aromatic N) is 3. The second-order valence-electron chi connectivity index (χ2n) is 5.91. The van der Waals surface area contributed by atoms with Crippen LogP contribution in [-0.4, -0.2) is 20.0 Å². The lowest BCUT2D eigenvalue weighted by molar-refractivity contribution is 0.402. The lowest BCUT2D eigenvalue weighted by Crippen LogP contribution is -2.34. The van der Waals surface area contributed by atoms with Crippen molar-refractivity contribution in [1.29, 1.82) is 0 Å². The maximum Gasteiger partial charge on any atom is 0.174 e. The van der Waals surface area contributed by atoms with E-state index in [9.17, 15) is 0 Å². The molecule has 0 unspecified atom stereocenters. The van der Waals surface area contributed by atoms with E-state index in [1.54, 1.807) is 12.4 Å². The minimum atomic E-state index is 0.576. The van der Waals surface area contributed by atoms with E-state index in [0.29, 0.717) is 23.2 Å².